The quantitative estimate of drug-likeness (QED) is 0.798. The van der Waals surface area contributed by atoms with Gasteiger partial charge in [-0.3, -0.25) is 9.36 Å². The maximum atomic E-state index is 13.5. The molecule has 1 aromatic carbocycles. The molecule has 1 fully saturated rings. The van der Waals surface area contributed by atoms with E-state index >= 15 is 0 Å². The molecule has 1 aliphatic carbocycles. The fourth-order valence-corrected chi connectivity index (χ4v) is 3.80. The van der Waals surface area contributed by atoms with Gasteiger partial charge in [0.15, 0.2) is 5.82 Å². The van der Waals surface area contributed by atoms with E-state index in [1.165, 1.54) is 29.5 Å². The molecule has 2 heterocycles. The van der Waals surface area contributed by atoms with E-state index in [-0.39, 0.29) is 11.6 Å². The van der Waals surface area contributed by atoms with Gasteiger partial charge in [0.1, 0.15) is 11.6 Å². The van der Waals surface area contributed by atoms with Crippen LogP contribution in [0.1, 0.15) is 44.6 Å². The summed E-state index contributed by atoms with van der Waals surface area (Å²) in [5, 5.41) is 0. The molecule has 1 saturated carbocycles. The van der Waals surface area contributed by atoms with Gasteiger partial charge in [0.25, 0.3) is 5.56 Å². The van der Waals surface area contributed by atoms with E-state index in [4.69, 9.17) is 4.74 Å². The fraction of sp³-hybridized carbons (Fsp3) is 0.450. The Bertz CT molecular complexity index is 914. The standard InChI is InChI=1S/C20H22FN3O2/c1-2-10-24-19(25)16-12-17(13-6-3-4-7-13)22-18(16)23-20(24)26-15-9-5-8-14(21)11-15/h5,8-9,11,13H,2-4,6-7,10,12H2,1H3. The van der Waals surface area contributed by atoms with Crippen molar-refractivity contribution in [3.05, 3.63) is 46.0 Å². The Balaban J connectivity index is 1.72. The Hall–Kier alpha value is -2.50. The summed E-state index contributed by atoms with van der Waals surface area (Å²) in [5.41, 5.74) is 1.64. The van der Waals surface area contributed by atoms with E-state index in [2.05, 4.69) is 9.98 Å². The van der Waals surface area contributed by atoms with Gasteiger partial charge in [-0.1, -0.05) is 25.8 Å². The van der Waals surface area contributed by atoms with Gasteiger partial charge >= 0.3 is 6.01 Å². The Morgan fingerprint density at radius 3 is 2.85 bits per heavy atom. The minimum atomic E-state index is -0.394. The third-order valence-corrected chi connectivity index (χ3v) is 5.09. The number of halogens is 1. The molecule has 2 aromatic rings. The predicted molar refractivity (Wildman–Crippen MR) is 98.0 cm³/mol. The molecule has 4 rings (SSSR count). The zero-order valence-corrected chi connectivity index (χ0v) is 14.9. The largest absolute Gasteiger partial charge is 0.425 e. The first kappa shape index (κ1) is 16.9. The third-order valence-electron chi connectivity index (χ3n) is 5.09. The number of benzene rings is 1. The van der Waals surface area contributed by atoms with Crippen molar-refractivity contribution in [3.8, 4) is 11.8 Å². The summed E-state index contributed by atoms with van der Waals surface area (Å²) in [6, 6.07) is 6.02. The summed E-state index contributed by atoms with van der Waals surface area (Å²) in [6.45, 7) is 2.49. The van der Waals surface area contributed by atoms with Crippen LogP contribution in [-0.2, 0) is 13.0 Å². The van der Waals surface area contributed by atoms with E-state index < -0.39 is 5.82 Å². The Morgan fingerprint density at radius 1 is 1.31 bits per heavy atom. The summed E-state index contributed by atoms with van der Waals surface area (Å²) >= 11 is 0. The second kappa shape index (κ2) is 7.02. The maximum absolute atomic E-state index is 13.5. The van der Waals surface area contributed by atoms with Crippen LogP contribution in [-0.4, -0.2) is 15.3 Å². The molecule has 0 saturated heterocycles. The van der Waals surface area contributed by atoms with Crippen molar-refractivity contribution in [3.63, 3.8) is 0 Å². The molecule has 1 aliphatic heterocycles. The zero-order valence-electron chi connectivity index (χ0n) is 14.9. The smallest absolute Gasteiger partial charge is 0.306 e. The van der Waals surface area contributed by atoms with Gasteiger partial charge in [0, 0.05) is 24.7 Å². The molecule has 2 aliphatic rings. The Labute approximate surface area is 151 Å². The van der Waals surface area contributed by atoms with Crippen LogP contribution in [0, 0.1) is 11.7 Å². The molecule has 0 atom stereocenters. The van der Waals surface area contributed by atoms with Crippen molar-refractivity contribution < 1.29 is 9.13 Å². The van der Waals surface area contributed by atoms with Crippen molar-refractivity contribution in [2.75, 3.05) is 0 Å². The first-order valence-electron chi connectivity index (χ1n) is 9.30. The molecule has 0 amide bonds. The molecular formula is C20H22FN3O2. The van der Waals surface area contributed by atoms with Crippen LogP contribution in [0.3, 0.4) is 0 Å². The molecule has 26 heavy (non-hydrogen) atoms. The second-order valence-corrected chi connectivity index (χ2v) is 6.97. The molecule has 5 nitrogen and oxygen atoms in total. The molecule has 1 aromatic heterocycles. The van der Waals surface area contributed by atoms with Crippen LogP contribution >= 0.6 is 0 Å². The molecule has 136 valence electrons. The summed E-state index contributed by atoms with van der Waals surface area (Å²) in [4.78, 5) is 22.1. The van der Waals surface area contributed by atoms with Gasteiger partial charge in [-0.2, -0.15) is 4.98 Å². The third kappa shape index (κ3) is 3.16. The highest BCUT2D eigenvalue weighted by Crippen LogP contribution is 2.34. The van der Waals surface area contributed by atoms with Crippen LogP contribution in [0.4, 0.5) is 10.2 Å². The lowest BCUT2D eigenvalue weighted by Crippen LogP contribution is -2.26. The van der Waals surface area contributed by atoms with E-state index in [0.29, 0.717) is 36.0 Å². The first-order chi connectivity index (χ1) is 12.7. The van der Waals surface area contributed by atoms with E-state index in [0.717, 1.165) is 25.0 Å². The first-order valence-corrected chi connectivity index (χ1v) is 9.30. The topological polar surface area (TPSA) is 56.5 Å². The van der Waals surface area contributed by atoms with Crippen LogP contribution in [0.2, 0.25) is 0 Å². The summed E-state index contributed by atoms with van der Waals surface area (Å²) in [6.07, 6.45) is 6.10. The Morgan fingerprint density at radius 2 is 2.12 bits per heavy atom. The molecular weight excluding hydrogens is 333 g/mol. The number of hydrogen-bond acceptors (Lipinski definition) is 4. The van der Waals surface area contributed by atoms with E-state index in [9.17, 15) is 9.18 Å². The lowest BCUT2D eigenvalue weighted by atomic mass is 9.98. The minimum Gasteiger partial charge on any atom is -0.425 e. The lowest BCUT2D eigenvalue weighted by Gasteiger charge is -2.13. The Kier molecular flexibility index (Phi) is 4.57. The molecule has 0 N–H and O–H groups in total. The van der Waals surface area contributed by atoms with Crippen molar-refractivity contribution >= 4 is 11.5 Å². The van der Waals surface area contributed by atoms with Gasteiger partial charge in [-0.25, -0.2) is 9.38 Å². The van der Waals surface area contributed by atoms with Crippen molar-refractivity contribution in [1.82, 2.24) is 9.55 Å². The molecule has 0 spiro atoms. The molecule has 0 bridgehead atoms. The van der Waals surface area contributed by atoms with Crippen molar-refractivity contribution in [2.45, 2.75) is 52.0 Å². The highest BCUT2D eigenvalue weighted by molar-refractivity contribution is 5.95. The van der Waals surface area contributed by atoms with Crippen LogP contribution < -0.4 is 10.3 Å². The van der Waals surface area contributed by atoms with E-state index in [1.54, 1.807) is 12.1 Å². The average molecular weight is 355 g/mol. The minimum absolute atomic E-state index is 0.0972. The summed E-state index contributed by atoms with van der Waals surface area (Å²) in [5.74, 6) is 0.862. The normalized spacial score (nSPS) is 16.6. The number of hydrogen-bond donors (Lipinski definition) is 0. The van der Waals surface area contributed by atoms with Gasteiger partial charge in [-0.05, 0) is 37.3 Å². The summed E-state index contributed by atoms with van der Waals surface area (Å²) < 4.78 is 20.7. The molecule has 6 heteroatoms. The highest BCUT2D eigenvalue weighted by atomic mass is 19.1. The zero-order chi connectivity index (χ0) is 18.1. The number of rotatable bonds is 5. The lowest BCUT2D eigenvalue weighted by molar-refractivity contribution is 0.393. The highest BCUT2D eigenvalue weighted by Gasteiger charge is 2.29. The number of fused-ring (bicyclic) bond motifs is 1. The van der Waals surface area contributed by atoms with Crippen LogP contribution in [0.15, 0.2) is 34.1 Å². The van der Waals surface area contributed by atoms with Crippen LogP contribution in [0.25, 0.3) is 0 Å². The average Bonchev–Trinajstić information content (AvgIpc) is 3.27. The number of aliphatic imine (C=N–C) groups is 1. The number of ether oxygens (including phenoxy) is 1. The fourth-order valence-electron chi connectivity index (χ4n) is 3.80. The van der Waals surface area contributed by atoms with Gasteiger partial charge in [0.2, 0.25) is 0 Å². The number of nitrogens with zero attached hydrogens (tertiary/aromatic N) is 3. The van der Waals surface area contributed by atoms with Crippen LogP contribution in [0.5, 0.6) is 11.8 Å². The number of aromatic nitrogens is 2. The molecule has 0 unspecified atom stereocenters. The van der Waals surface area contributed by atoms with Crippen molar-refractivity contribution in [2.24, 2.45) is 10.9 Å². The van der Waals surface area contributed by atoms with E-state index in [1.807, 2.05) is 6.92 Å². The maximum Gasteiger partial charge on any atom is 0.306 e. The SMILES string of the molecule is CCCn1c(Oc2cccc(F)c2)nc2c(c1=O)CC(C1CCCC1)=N2. The predicted octanol–water partition coefficient (Wildman–Crippen LogP) is 4.40. The summed E-state index contributed by atoms with van der Waals surface area (Å²) in [7, 11) is 0. The van der Waals surface area contributed by atoms with Gasteiger partial charge in [-0.15, -0.1) is 0 Å². The van der Waals surface area contributed by atoms with Gasteiger partial charge < -0.3 is 4.74 Å². The molecule has 0 radical (unpaired) electrons. The van der Waals surface area contributed by atoms with Gasteiger partial charge in [0.05, 0.1) is 5.56 Å². The monoisotopic (exact) mass is 355 g/mol. The second-order valence-electron chi connectivity index (χ2n) is 6.97. The van der Waals surface area contributed by atoms with Crippen molar-refractivity contribution in [1.29, 1.82) is 0 Å².